The Morgan fingerprint density at radius 3 is 2.67 bits per heavy atom. The van der Waals surface area contributed by atoms with Crippen LogP contribution in [0.4, 0.5) is 0 Å². The zero-order chi connectivity index (χ0) is 7.28. The first-order valence-corrected chi connectivity index (χ1v) is 3.11. The fourth-order valence-electron chi connectivity index (χ4n) is 0.138. The van der Waals surface area contributed by atoms with E-state index in [2.05, 4.69) is 16.6 Å². The van der Waals surface area contributed by atoms with Crippen LogP contribution < -0.4 is 5.32 Å². The van der Waals surface area contributed by atoms with Crippen LogP contribution in [0.3, 0.4) is 0 Å². The van der Waals surface area contributed by atoms with E-state index >= 15 is 0 Å². The van der Waals surface area contributed by atoms with Crippen molar-refractivity contribution in [2.45, 2.75) is 0 Å². The third-order valence-corrected chi connectivity index (χ3v) is 0.961. The van der Waals surface area contributed by atoms with E-state index in [1.165, 1.54) is 6.19 Å². The van der Waals surface area contributed by atoms with Crippen molar-refractivity contribution in [2.75, 3.05) is 0 Å². The van der Waals surface area contributed by atoms with Gasteiger partial charge in [-0.2, -0.15) is 13.7 Å². The largest absolute Gasteiger partial charge is 0.318 e. The molecule has 0 saturated carbocycles. The molecule has 0 unspecified atom stereocenters. The van der Waals surface area contributed by atoms with E-state index in [9.17, 15) is 8.42 Å². The van der Waals surface area contributed by atoms with Crippen molar-refractivity contribution in [3.05, 3.63) is 0 Å². The van der Waals surface area contributed by atoms with Crippen LogP contribution in [0.25, 0.3) is 0 Å². The molecule has 5 nitrogen and oxygen atoms in total. The minimum Gasteiger partial charge on any atom is -0.267 e. The molecule has 7 heteroatoms. The van der Waals surface area contributed by atoms with E-state index < -0.39 is 10.5 Å². The number of nitrogens with one attached hydrogen (secondary N) is 1. The Hall–Kier alpha value is -1.00. The van der Waals surface area contributed by atoms with Crippen molar-refractivity contribution in [2.24, 2.45) is 4.36 Å². The summed E-state index contributed by atoms with van der Waals surface area (Å²) in [5, 5.41) is 9.34. The van der Waals surface area contributed by atoms with Crippen LogP contribution in [0.2, 0.25) is 0 Å². The summed E-state index contributed by atoms with van der Waals surface area (Å²) < 4.78 is 22.1. The number of nitriles is 1. The first-order valence-electron chi connectivity index (χ1n) is 1.67. The topological polar surface area (TPSA) is 82.3 Å². The fourth-order valence-corrected chi connectivity index (χ4v) is 0.548. The summed E-state index contributed by atoms with van der Waals surface area (Å²) in [6, 6.07) is 0. The van der Waals surface area contributed by atoms with Crippen molar-refractivity contribution >= 4 is 27.8 Å². The predicted octanol–water partition coefficient (Wildman–Crippen LogP) is -0.595. The number of rotatable bonds is 0. The second-order valence-electron chi connectivity index (χ2n) is 0.850. The predicted molar refractivity (Wildman–Crippen MR) is 32.7 cm³/mol. The highest BCUT2D eigenvalue weighted by molar-refractivity contribution is 7.81. The molecule has 48 valence electrons. The molecule has 0 saturated heterocycles. The van der Waals surface area contributed by atoms with Gasteiger partial charge in [-0.05, 0) is 12.2 Å². The van der Waals surface area contributed by atoms with Gasteiger partial charge in [-0.3, -0.25) is 5.32 Å². The molecule has 9 heavy (non-hydrogen) atoms. The first-order chi connectivity index (χ1) is 4.16. The second-order valence-corrected chi connectivity index (χ2v) is 1.85. The van der Waals surface area contributed by atoms with Gasteiger partial charge in [0.25, 0.3) is 0 Å². The van der Waals surface area contributed by atoms with Gasteiger partial charge in [0.15, 0.2) is 6.19 Å². The van der Waals surface area contributed by atoms with Crippen LogP contribution in [0.1, 0.15) is 0 Å². The van der Waals surface area contributed by atoms with Crippen LogP contribution in [0.5, 0.6) is 0 Å². The number of hydrogen-bond donors (Lipinski definition) is 1. The zero-order valence-corrected chi connectivity index (χ0v) is 5.66. The summed E-state index contributed by atoms with van der Waals surface area (Å²) in [6.07, 6.45) is 1.41. The SMILES string of the molecule is N#CNC(=S)N=S(=O)=O. The lowest BCUT2D eigenvalue weighted by molar-refractivity contribution is 0.623. The van der Waals surface area contributed by atoms with E-state index in [1.807, 2.05) is 5.32 Å². The number of nitrogens with zero attached hydrogens (tertiary/aromatic N) is 2. The second kappa shape index (κ2) is 3.94. The van der Waals surface area contributed by atoms with Crippen LogP contribution in [-0.4, -0.2) is 13.5 Å². The van der Waals surface area contributed by atoms with E-state index in [1.54, 1.807) is 0 Å². The molecule has 0 aliphatic heterocycles. The molecule has 0 amide bonds. The maximum absolute atomic E-state index is 9.68. The minimum atomic E-state index is -2.58. The maximum Gasteiger partial charge on any atom is 0.318 e. The van der Waals surface area contributed by atoms with Crippen molar-refractivity contribution in [3.8, 4) is 6.19 Å². The van der Waals surface area contributed by atoms with Crippen LogP contribution in [0, 0.1) is 11.5 Å². The highest BCUT2D eigenvalue weighted by Crippen LogP contribution is 1.70. The van der Waals surface area contributed by atoms with E-state index in [0.29, 0.717) is 0 Å². The molecule has 0 aromatic heterocycles. The van der Waals surface area contributed by atoms with Gasteiger partial charge in [0.2, 0.25) is 5.11 Å². The zero-order valence-electron chi connectivity index (χ0n) is 4.03. The molecule has 0 fully saturated rings. The van der Waals surface area contributed by atoms with Gasteiger partial charge in [-0.25, -0.2) is 0 Å². The van der Waals surface area contributed by atoms with Crippen molar-refractivity contribution < 1.29 is 8.42 Å². The van der Waals surface area contributed by atoms with Gasteiger partial charge in [-0.15, -0.1) is 4.36 Å². The van der Waals surface area contributed by atoms with Gasteiger partial charge in [0.05, 0.1) is 0 Å². The molecule has 0 aromatic carbocycles. The standard InChI is InChI=1S/C2HN3O2S2/c3-1-4-2(8)5-9(6)7/h(H,4,8). The lowest BCUT2D eigenvalue weighted by Gasteiger charge is -1.81. The van der Waals surface area contributed by atoms with Crippen LogP contribution in [0.15, 0.2) is 4.36 Å². The molecule has 0 radical (unpaired) electrons. The molecule has 0 aliphatic rings. The molecule has 0 atom stereocenters. The van der Waals surface area contributed by atoms with E-state index in [-0.39, 0.29) is 5.11 Å². The Bertz CT molecular complexity index is 263. The highest BCUT2D eigenvalue weighted by Gasteiger charge is 1.86. The monoisotopic (exact) mass is 163 g/mol. The third kappa shape index (κ3) is 4.86. The summed E-state index contributed by atoms with van der Waals surface area (Å²) in [4.78, 5) is 0. The van der Waals surface area contributed by atoms with Crippen molar-refractivity contribution in [1.82, 2.24) is 5.32 Å². The average molecular weight is 163 g/mol. The molecule has 1 N–H and O–H groups in total. The Labute approximate surface area is 58.0 Å². The molecule has 0 heterocycles. The van der Waals surface area contributed by atoms with Crippen LogP contribution in [-0.2, 0) is 10.5 Å². The normalized spacial score (nSPS) is 7.00. The van der Waals surface area contributed by atoms with Gasteiger partial charge >= 0.3 is 10.5 Å². The summed E-state index contributed by atoms with van der Waals surface area (Å²) >= 11 is 4.24. The third-order valence-electron chi connectivity index (χ3n) is 0.320. The Balaban J connectivity index is 4.14. The molecular weight excluding hydrogens is 162 g/mol. The van der Waals surface area contributed by atoms with Gasteiger partial charge in [-0.1, -0.05) is 0 Å². The summed E-state index contributed by atoms with van der Waals surface area (Å²) in [5.41, 5.74) is 0. The van der Waals surface area contributed by atoms with E-state index in [4.69, 9.17) is 5.26 Å². The fraction of sp³-hybridized carbons (Fsp3) is 0. The minimum absolute atomic E-state index is 0.356. The summed E-state index contributed by atoms with van der Waals surface area (Å²) in [7, 11) is -2.58. The molecule has 0 bridgehead atoms. The molecular formula is C2HN3O2S2. The van der Waals surface area contributed by atoms with Crippen LogP contribution >= 0.6 is 12.2 Å². The molecule has 0 rings (SSSR count). The van der Waals surface area contributed by atoms with Gasteiger partial charge in [0.1, 0.15) is 0 Å². The molecule has 0 aromatic rings. The summed E-state index contributed by atoms with van der Waals surface area (Å²) in [5.74, 6) is 0. The summed E-state index contributed by atoms with van der Waals surface area (Å²) in [6.45, 7) is 0. The highest BCUT2D eigenvalue weighted by atomic mass is 32.2. The maximum atomic E-state index is 9.68. The Morgan fingerprint density at radius 2 is 2.33 bits per heavy atom. The Morgan fingerprint density at radius 1 is 1.78 bits per heavy atom. The quantitative estimate of drug-likeness (QED) is 0.293. The molecule has 0 spiro atoms. The smallest absolute Gasteiger partial charge is 0.267 e. The van der Waals surface area contributed by atoms with Gasteiger partial charge in [0, 0.05) is 0 Å². The lowest BCUT2D eigenvalue weighted by atomic mass is 11.1. The number of thiocarbonyl (C=S) groups is 1. The van der Waals surface area contributed by atoms with E-state index in [0.717, 1.165) is 0 Å². The number of hydrogen-bond acceptors (Lipinski definition) is 4. The lowest BCUT2D eigenvalue weighted by Crippen LogP contribution is -2.10. The van der Waals surface area contributed by atoms with Gasteiger partial charge < -0.3 is 0 Å². The first kappa shape index (κ1) is 8.00. The average Bonchev–Trinajstić information content (AvgIpc) is 1.63. The molecule has 0 aliphatic carbocycles. The van der Waals surface area contributed by atoms with Crippen molar-refractivity contribution in [3.63, 3.8) is 0 Å². The Kier molecular flexibility index (Phi) is 3.50. The van der Waals surface area contributed by atoms with Crippen molar-refractivity contribution in [1.29, 1.82) is 5.26 Å².